The van der Waals surface area contributed by atoms with Crippen molar-refractivity contribution in [3.8, 4) is 0 Å². The maximum absolute atomic E-state index is 11.2. The van der Waals surface area contributed by atoms with Crippen molar-refractivity contribution in [2.75, 3.05) is 0 Å². The molecule has 0 aromatic heterocycles. The van der Waals surface area contributed by atoms with Crippen LogP contribution in [0.3, 0.4) is 0 Å². The maximum Gasteiger partial charge on any atom is 0.0573 e. The van der Waals surface area contributed by atoms with Crippen molar-refractivity contribution in [2.45, 2.75) is 0 Å². The number of nitrogens with zero attached hydrogens (tertiary/aromatic N) is 2. The zero-order valence-electron chi connectivity index (χ0n) is 7.89. The van der Waals surface area contributed by atoms with Gasteiger partial charge in [-0.3, -0.25) is 0 Å². The molecule has 0 N–H and O–H groups in total. The summed E-state index contributed by atoms with van der Waals surface area (Å²) in [6.07, 6.45) is 0. The van der Waals surface area contributed by atoms with E-state index in [9.17, 15) is 9.59 Å². The molecule has 0 unspecified atom stereocenters. The first-order valence-corrected chi connectivity index (χ1v) is 3.70. The van der Waals surface area contributed by atoms with E-state index in [-0.39, 0.29) is 72.6 Å². The predicted molar refractivity (Wildman–Crippen MR) is 46.5 cm³/mol. The van der Waals surface area contributed by atoms with E-state index < -0.39 is 11.8 Å². The second-order valence-electron chi connectivity index (χ2n) is 2.53. The SMILES string of the molecule is O=C1[CH-][N-]C(=O)c2ccccc2[N-]1.[Re].[Rh].[Y]. The predicted octanol–water partition coefficient (Wildman–Crippen LogP) is 1.90. The van der Waals surface area contributed by atoms with Crippen molar-refractivity contribution in [3.63, 3.8) is 0 Å². The molecule has 16 heavy (non-hydrogen) atoms. The number of rotatable bonds is 0. The Morgan fingerprint density at radius 3 is 2.44 bits per heavy atom. The van der Waals surface area contributed by atoms with Crippen LogP contribution in [-0.4, -0.2) is 11.8 Å². The van der Waals surface area contributed by atoms with E-state index >= 15 is 0 Å². The van der Waals surface area contributed by atoms with Crippen molar-refractivity contribution in [1.29, 1.82) is 0 Å². The van der Waals surface area contributed by atoms with Gasteiger partial charge in [0.2, 0.25) is 0 Å². The molecule has 1 heterocycles. The third kappa shape index (κ3) is 4.35. The van der Waals surface area contributed by atoms with Crippen LogP contribution in [-0.2, 0) is 77.4 Å². The second kappa shape index (κ2) is 8.50. The summed E-state index contributed by atoms with van der Waals surface area (Å²) in [5, 5.41) is 7.12. The molecule has 0 aliphatic carbocycles. The van der Waals surface area contributed by atoms with Crippen molar-refractivity contribution in [1.82, 2.24) is 0 Å². The molecule has 0 fully saturated rings. The molecule has 2 rings (SSSR count). The molecule has 0 saturated heterocycles. The Hall–Kier alpha value is 0.420. The van der Waals surface area contributed by atoms with Gasteiger partial charge in [-0.15, -0.1) is 11.6 Å². The third-order valence-electron chi connectivity index (χ3n) is 1.66. The minimum absolute atomic E-state index is 0. The Morgan fingerprint density at radius 2 is 1.75 bits per heavy atom. The molecule has 4 nitrogen and oxygen atoms in total. The fourth-order valence-corrected chi connectivity index (χ4v) is 1.08. The van der Waals surface area contributed by atoms with E-state index in [4.69, 9.17) is 0 Å². The third-order valence-corrected chi connectivity index (χ3v) is 1.66. The normalized spacial score (nSPS) is 12.0. The topological polar surface area (TPSA) is 62.3 Å². The van der Waals surface area contributed by atoms with Crippen molar-refractivity contribution >= 4 is 17.5 Å². The Kier molecular flexibility index (Phi) is 9.98. The second-order valence-corrected chi connectivity index (χ2v) is 2.53. The van der Waals surface area contributed by atoms with Gasteiger partial charge >= 0.3 is 0 Å². The van der Waals surface area contributed by atoms with Crippen LogP contribution in [0.2, 0.25) is 0 Å². The van der Waals surface area contributed by atoms with Crippen LogP contribution in [0.15, 0.2) is 24.3 Å². The molecule has 0 spiro atoms. The number of amides is 2. The number of benzene rings is 1. The van der Waals surface area contributed by atoms with E-state index in [1.165, 1.54) is 0 Å². The monoisotopic (exact) mass is 552 g/mol. The first-order valence-electron chi connectivity index (χ1n) is 3.70. The van der Waals surface area contributed by atoms with Gasteiger partial charge in [0.1, 0.15) is 0 Å². The van der Waals surface area contributed by atoms with Gasteiger partial charge in [-0.1, -0.05) is 24.3 Å². The standard InChI is InChI=1S/C9H6N2O2.Re.Rh.Y/c12-8-5-10-9(13)6-3-1-2-4-7(6)11-8;;;/h1-5H,(H-,10,11,12,13);;;/q-2;;;/p-1. The molecular weight excluding hydrogens is 546 g/mol. The largest absolute Gasteiger partial charge is 0.794 e. The van der Waals surface area contributed by atoms with Gasteiger partial charge in [0.05, 0.1) is 5.91 Å². The first-order chi connectivity index (χ1) is 6.27. The summed E-state index contributed by atoms with van der Waals surface area (Å²) in [6, 6.07) is 6.63. The molecule has 2 amide bonds. The Morgan fingerprint density at radius 1 is 1.12 bits per heavy atom. The summed E-state index contributed by atoms with van der Waals surface area (Å²) in [6.45, 7) is 0.933. The van der Waals surface area contributed by atoms with Crippen molar-refractivity contribution in [3.05, 3.63) is 47.0 Å². The fraction of sp³-hybridized carbons (Fsp3) is 0. The van der Waals surface area contributed by atoms with Crippen LogP contribution in [0.1, 0.15) is 10.4 Å². The molecule has 1 aliphatic rings. The number of hydrogen-bond donors (Lipinski definition) is 0. The number of hydrogen-bond acceptors (Lipinski definition) is 2. The molecule has 0 bridgehead atoms. The Balaban J connectivity index is 0. The van der Waals surface area contributed by atoms with Gasteiger partial charge in [0, 0.05) is 72.6 Å². The van der Waals surface area contributed by atoms with E-state index in [0.717, 1.165) is 6.54 Å². The smallest absolute Gasteiger partial charge is 0.0573 e. The van der Waals surface area contributed by atoms with E-state index in [1.807, 2.05) is 0 Å². The van der Waals surface area contributed by atoms with Crippen molar-refractivity contribution in [2.24, 2.45) is 0 Å². The summed E-state index contributed by atoms with van der Waals surface area (Å²) in [5.41, 5.74) is 0.750. The molecule has 3 radical (unpaired) electrons. The molecule has 7 heteroatoms. The first kappa shape index (κ1) is 18.8. The summed E-state index contributed by atoms with van der Waals surface area (Å²) in [7, 11) is 0. The van der Waals surface area contributed by atoms with Crippen molar-refractivity contribution < 1.29 is 82.2 Å². The summed E-state index contributed by atoms with van der Waals surface area (Å²) in [5.74, 6) is -0.927. The average Bonchev–Trinajstić information content (AvgIpc) is 2.27. The van der Waals surface area contributed by atoms with E-state index in [0.29, 0.717) is 11.3 Å². The van der Waals surface area contributed by atoms with Crippen LogP contribution in [0.5, 0.6) is 0 Å². The van der Waals surface area contributed by atoms with Gasteiger partial charge in [-0.25, -0.2) is 0 Å². The minimum atomic E-state index is -0.502. The van der Waals surface area contributed by atoms with Gasteiger partial charge in [0.25, 0.3) is 0 Å². The van der Waals surface area contributed by atoms with Crippen LogP contribution in [0.4, 0.5) is 5.69 Å². The molecular formula is C9H5N2O2ReRhY-3. The number of fused-ring (bicyclic) bond motifs is 1. The van der Waals surface area contributed by atoms with E-state index in [1.54, 1.807) is 24.3 Å². The Bertz CT molecular complexity index is 390. The van der Waals surface area contributed by atoms with Crippen LogP contribution in [0, 0.1) is 6.54 Å². The Labute approximate surface area is 145 Å². The quantitative estimate of drug-likeness (QED) is 0.366. The zero-order valence-corrected chi connectivity index (χ0v) is 15.1. The summed E-state index contributed by atoms with van der Waals surface area (Å²) in [4.78, 5) is 22.2. The van der Waals surface area contributed by atoms with Crippen LogP contribution >= 0.6 is 0 Å². The molecule has 1 aromatic rings. The maximum atomic E-state index is 11.2. The van der Waals surface area contributed by atoms with Crippen LogP contribution < -0.4 is 0 Å². The van der Waals surface area contributed by atoms with Crippen LogP contribution in [0.25, 0.3) is 10.6 Å². The molecule has 1 aliphatic heterocycles. The van der Waals surface area contributed by atoms with Gasteiger partial charge in [-0.05, 0) is 5.56 Å². The number of para-hydroxylation sites is 1. The summed E-state index contributed by atoms with van der Waals surface area (Å²) >= 11 is 0. The number of carbonyl (C=O) groups excluding carboxylic acids is 2. The fourth-order valence-electron chi connectivity index (χ4n) is 1.08. The van der Waals surface area contributed by atoms with Gasteiger partial charge < -0.3 is 26.8 Å². The number of carbonyl (C=O) groups is 2. The zero-order chi connectivity index (χ0) is 9.26. The molecule has 0 saturated carbocycles. The van der Waals surface area contributed by atoms with E-state index in [2.05, 4.69) is 10.6 Å². The molecule has 85 valence electrons. The van der Waals surface area contributed by atoms with Gasteiger partial charge in [-0.2, -0.15) is 0 Å². The summed E-state index contributed by atoms with van der Waals surface area (Å²) < 4.78 is 0. The van der Waals surface area contributed by atoms with Gasteiger partial charge in [0.15, 0.2) is 0 Å². The molecule has 1 aromatic carbocycles. The molecule has 0 atom stereocenters. The minimum Gasteiger partial charge on any atom is -0.794 e. The average molecular weight is 551 g/mol.